The summed E-state index contributed by atoms with van der Waals surface area (Å²) in [5, 5.41) is 1.48. The summed E-state index contributed by atoms with van der Waals surface area (Å²) in [6.07, 6.45) is 0. The highest BCUT2D eigenvalue weighted by molar-refractivity contribution is 7.92. The van der Waals surface area contributed by atoms with Gasteiger partial charge in [-0.2, -0.15) is 0 Å². The molecule has 0 aliphatic carbocycles. The highest BCUT2D eigenvalue weighted by Gasteiger charge is 2.25. The van der Waals surface area contributed by atoms with Gasteiger partial charge in [-0.05, 0) is 55.5 Å². The Balaban J connectivity index is 1.22. The Bertz CT molecular complexity index is 1550. The van der Waals surface area contributed by atoms with Crippen LogP contribution in [0.1, 0.15) is 15.9 Å². The molecule has 0 unspecified atom stereocenters. The van der Waals surface area contributed by atoms with Crippen molar-refractivity contribution in [3.8, 4) is 5.75 Å². The van der Waals surface area contributed by atoms with Gasteiger partial charge >= 0.3 is 0 Å². The van der Waals surface area contributed by atoms with Crippen molar-refractivity contribution in [2.45, 2.75) is 11.8 Å². The maximum absolute atomic E-state index is 13.1. The molecule has 1 aromatic heterocycles. The van der Waals surface area contributed by atoms with Crippen molar-refractivity contribution < 1.29 is 17.9 Å². The Morgan fingerprint density at radius 1 is 1.00 bits per heavy atom. The minimum atomic E-state index is -3.71. The zero-order chi connectivity index (χ0) is 26.2. The summed E-state index contributed by atoms with van der Waals surface area (Å²) in [5.41, 5.74) is 2.62. The highest BCUT2D eigenvalue weighted by Crippen LogP contribution is 2.38. The first kappa shape index (κ1) is 25.3. The third kappa shape index (κ3) is 5.22. The topological polar surface area (TPSA) is 91.8 Å². The van der Waals surface area contributed by atoms with Gasteiger partial charge < -0.3 is 14.5 Å². The number of aryl methyl sites for hydroxylation is 1. The van der Waals surface area contributed by atoms with E-state index in [1.54, 1.807) is 66.6 Å². The van der Waals surface area contributed by atoms with Gasteiger partial charge in [0.15, 0.2) is 5.13 Å². The van der Waals surface area contributed by atoms with Gasteiger partial charge in [-0.3, -0.25) is 9.52 Å². The molecule has 192 valence electrons. The number of carbonyl (C=O) groups is 1. The van der Waals surface area contributed by atoms with Crippen LogP contribution in [0.4, 0.5) is 10.8 Å². The first-order chi connectivity index (χ1) is 17.7. The fourth-order valence-corrected chi connectivity index (χ4v) is 6.50. The number of nitrogens with one attached hydrogen (secondary N) is 1. The zero-order valence-electron chi connectivity index (χ0n) is 20.3. The van der Waals surface area contributed by atoms with E-state index in [0.29, 0.717) is 48.2 Å². The van der Waals surface area contributed by atoms with Gasteiger partial charge in [0, 0.05) is 37.4 Å². The summed E-state index contributed by atoms with van der Waals surface area (Å²) in [7, 11) is -2.10. The molecule has 1 aliphatic rings. The van der Waals surface area contributed by atoms with Gasteiger partial charge in [0.1, 0.15) is 11.3 Å². The number of nitrogens with zero attached hydrogens (tertiary/aromatic N) is 3. The van der Waals surface area contributed by atoms with Crippen molar-refractivity contribution in [1.29, 1.82) is 0 Å². The zero-order valence-corrected chi connectivity index (χ0v) is 22.7. The molecule has 1 saturated heterocycles. The summed E-state index contributed by atoms with van der Waals surface area (Å²) in [6, 6.07) is 16.7. The monoisotopic (exact) mass is 556 g/mol. The van der Waals surface area contributed by atoms with E-state index in [9.17, 15) is 13.2 Å². The Morgan fingerprint density at radius 3 is 2.32 bits per heavy atom. The summed E-state index contributed by atoms with van der Waals surface area (Å²) >= 11 is 7.87. The molecule has 0 spiro atoms. The maximum atomic E-state index is 13.1. The van der Waals surface area contributed by atoms with Crippen molar-refractivity contribution >= 4 is 59.9 Å². The number of aromatic nitrogens is 1. The van der Waals surface area contributed by atoms with Crippen molar-refractivity contribution in [3.63, 3.8) is 0 Å². The molecule has 2 heterocycles. The number of fused-ring (bicyclic) bond motifs is 1. The molecule has 0 bridgehead atoms. The van der Waals surface area contributed by atoms with E-state index in [2.05, 4.69) is 9.62 Å². The van der Waals surface area contributed by atoms with Gasteiger partial charge in [0.05, 0.1) is 21.7 Å². The van der Waals surface area contributed by atoms with E-state index in [4.69, 9.17) is 21.3 Å². The molecule has 1 aliphatic heterocycles. The molecule has 1 amide bonds. The van der Waals surface area contributed by atoms with Crippen LogP contribution in [-0.4, -0.2) is 57.5 Å². The summed E-state index contributed by atoms with van der Waals surface area (Å²) in [5.74, 6) is 0.585. The molecule has 0 atom stereocenters. The van der Waals surface area contributed by atoms with Crippen LogP contribution in [0.2, 0.25) is 5.02 Å². The second-order valence-corrected chi connectivity index (χ2v) is 11.8. The van der Waals surface area contributed by atoms with Gasteiger partial charge in [0.25, 0.3) is 15.9 Å². The van der Waals surface area contributed by atoms with Crippen molar-refractivity contribution in [1.82, 2.24) is 9.88 Å². The Morgan fingerprint density at radius 2 is 1.68 bits per heavy atom. The molecular formula is C26H25ClN4O4S2. The van der Waals surface area contributed by atoms with Crippen LogP contribution >= 0.6 is 22.9 Å². The van der Waals surface area contributed by atoms with Gasteiger partial charge in [-0.25, -0.2) is 13.4 Å². The van der Waals surface area contributed by atoms with Gasteiger partial charge in [-0.1, -0.05) is 40.6 Å². The number of ether oxygens (including phenoxy) is 1. The molecule has 0 saturated carbocycles. The number of rotatable bonds is 6. The number of thiazole rings is 1. The number of methoxy groups -OCH3 is 1. The lowest BCUT2D eigenvalue weighted by Gasteiger charge is -2.34. The molecular weight excluding hydrogens is 532 g/mol. The lowest BCUT2D eigenvalue weighted by molar-refractivity contribution is 0.0747. The van der Waals surface area contributed by atoms with Crippen LogP contribution in [0.3, 0.4) is 0 Å². The van der Waals surface area contributed by atoms with E-state index in [1.807, 2.05) is 13.0 Å². The van der Waals surface area contributed by atoms with Crippen LogP contribution in [-0.2, 0) is 10.0 Å². The molecule has 1 fully saturated rings. The van der Waals surface area contributed by atoms with Crippen LogP contribution < -0.4 is 14.4 Å². The summed E-state index contributed by atoms with van der Waals surface area (Å²) < 4.78 is 34.1. The number of halogens is 1. The number of piperazine rings is 1. The van der Waals surface area contributed by atoms with Crippen LogP contribution in [0.25, 0.3) is 10.2 Å². The average Bonchev–Trinajstić information content (AvgIpc) is 3.36. The molecule has 3 aromatic carbocycles. The minimum absolute atomic E-state index is 0.0957. The third-order valence-electron chi connectivity index (χ3n) is 6.22. The fraction of sp³-hybridized carbons (Fsp3) is 0.231. The molecule has 37 heavy (non-hydrogen) atoms. The average molecular weight is 557 g/mol. The summed E-state index contributed by atoms with van der Waals surface area (Å²) in [6.45, 7) is 4.26. The van der Waals surface area contributed by atoms with Gasteiger partial charge in [0.2, 0.25) is 0 Å². The first-order valence-electron chi connectivity index (χ1n) is 11.6. The fourth-order valence-electron chi connectivity index (χ4n) is 4.14. The number of sulfonamides is 1. The van der Waals surface area contributed by atoms with Crippen LogP contribution in [0.5, 0.6) is 5.75 Å². The minimum Gasteiger partial charge on any atom is -0.494 e. The number of anilines is 2. The predicted molar refractivity (Wildman–Crippen MR) is 148 cm³/mol. The predicted octanol–water partition coefficient (Wildman–Crippen LogP) is 5.03. The lowest BCUT2D eigenvalue weighted by Crippen LogP contribution is -2.48. The van der Waals surface area contributed by atoms with E-state index in [-0.39, 0.29) is 10.8 Å². The number of hydrogen-bond acceptors (Lipinski definition) is 7. The smallest absolute Gasteiger partial charge is 0.261 e. The first-order valence-corrected chi connectivity index (χ1v) is 14.3. The summed E-state index contributed by atoms with van der Waals surface area (Å²) in [4.78, 5) is 21.9. The SMILES string of the molecule is COc1ccc(Cl)c2sc(N3CCN(C(=O)c4ccc(NS(=O)(=O)c5ccc(C)cc5)cc4)CC3)nc12. The Hall–Kier alpha value is -3.34. The number of carbonyl (C=O) groups excluding carboxylic acids is 1. The third-order valence-corrected chi connectivity index (χ3v) is 9.19. The number of amides is 1. The van der Waals surface area contributed by atoms with Crippen molar-refractivity contribution in [2.24, 2.45) is 0 Å². The van der Waals surface area contributed by atoms with E-state index < -0.39 is 10.0 Å². The van der Waals surface area contributed by atoms with Crippen LogP contribution in [0, 0.1) is 6.92 Å². The Kier molecular flexibility index (Phi) is 6.98. The second kappa shape index (κ2) is 10.2. The molecule has 0 radical (unpaired) electrons. The van der Waals surface area contributed by atoms with Crippen LogP contribution in [0.15, 0.2) is 65.6 Å². The Labute approximate surface area is 224 Å². The molecule has 1 N–H and O–H groups in total. The molecule has 8 nitrogen and oxygen atoms in total. The van der Waals surface area contributed by atoms with E-state index in [0.717, 1.165) is 20.9 Å². The standard InChI is InChI=1S/C26H25ClN4O4S2/c1-17-3-9-20(10-4-17)37(33,34)29-19-7-5-18(6-8-19)25(32)30-13-15-31(16-14-30)26-28-23-22(35-2)12-11-21(27)24(23)36-26/h3-12,29H,13-16H2,1-2H3. The lowest BCUT2D eigenvalue weighted by atomic mass is 10.1. The van der Waals surface area contributed by atoms with Gasteiger partial charge in [-0.15, -0.1) is 0 Å². The van der Waals surface area contributed by atoms with Crippen molar-refractivity contribution in [3.05, 3.63) is 76.8 Å². The maximum Gasteiger partial charge on any atom is 0.261 e. The van der Waals surface area contributed by atoms with E-state index in [1.165, 1.54) is 11.3 Å². The largest absolute Gasteiger partial charge is 0.494 e. The molecule has 5 rings (SSSR count). The number of hydrogen-bond donors (Lipinski definition) is 1. The highest BCUT2D eigenvalue weighted by atomic mass is 35.5. The second-order valence-electron chi connectivity index (χ2n) is 8.70. The molecule has 11 heteroatoms. The normalized spacial score (nSPS) is 14.1. The number of benzene rings is 3. The van der Waals surface area contributed by atoms with Crippen molar-refractivity contribution in [2.75, 3.05) is 42.9 Å². The quantitative estimate of drug-likeness (QED) is 0.358. The molecule has 4 aromatic rings. The van der Waals surface area contributed by atoms with E-state index >= 15 is 0 Å².